The molecule has 0 atom stereocenters. The van der Waals surface area contributed by atoms with Crippen molar-refractivity contribution in [3.8, 4) is 0 Å². The Balaban J connectivity index is 2.77. The fraction of sp³-hybridized carbons (Fsp3) is 0.200. The maximum Gasteiger partial charge on any atom is 0.331 e. The van der Waals surface area contributed by atoms with Gasteiger partial charge in [-0.05, 0) is 35.7 Å². The Kier molecular flexibility index (Phi) is 9.39. The Morgan fingerprint density at radius 1 is 0.875 bits per heavy atom. The van der Waals surface area contributed by atoms with Crippen molar-refractivity contribution < 1.29 is 18.6 Å². The summed E-state index contributed by atoms with van der Waals surface area (Å²) in [6.45, 7) is 0. The highest BCUT2D eigenvalue weighted by atomic mass is 35.5. The summed E-state index contributed by atoms with van der Waals surface area (Å²) in [7, 11) is 0. The lowest BCUT2D eigenvalue weighted by molar-refractivity contribution is 0.109. The lowest BCUT2D eigenvalue weighted by Crippen LogP contribution is -2.29. The molecule has 14 heteroatoms. The summed E-state index contributed by atoms with van der Waals surface area (Å²) < 4.78 is 25.0. The van der Waals surface area contributed by atoms with Crippen LogP contribution in [0.5, 0.6) is 0 Å². The molecule has 0 aromatic heterocycles. The summed E-state index contributed by atoms with van der Waals surface area (Å²) in [6.07, 6.45) is 0. The monoisotopic (exact) mass is 458 g/mol. The SMILES string of the molecule is O=C(SC(Cl)Cl)N(F)Nc1ccccc1NN(F)C(=O)SC(Cl)Cl. The summed E-state index contributed by atoms with van der Waals surface area (Å²) in [4.78, 5) is 22.8. The smallest absolute Gasteiger partial charge is 0.264 e. The summed E-state index contributed by atoms with van der Waals surface area (Å²) in [6, 6.07) is 5.61. The van der Waals surface area contributed by atoms with Crippen molar-refractivity contribution in [2.45, 2.75) is 8.34 Å². The second kappa shape index (κ2) is 10.5. The van der Waals surface area contributed by atoms with E-state index in [1.807, 2.05) is 0 Å². The minimum absolute atomic E-state index is 0.0524. The lowest BCUT2D eigenvalue weighted by Gasteiger charge is -2.19. The molecule has 0 aliphatic rings. The Labute approximate surface area is 163 Å². The van der Waals surface area contributed by atoms with Crippen LogP contribution in [0.2, 0.25) is 0 Å². The van der Waals surface area contributed by atoms with Crippen LogP contribution in [0, 0.1) is 0 Å². The van der Waals surface area contributed by atoms with E-state index < -0.39 is 29.3 Å². The molecular weight excluding hydrogens is 452 g/mol. The van der Waals surface area contributed by atoms with Gasteiger partial charge in [-0.3, -0.25) is 20.4 Å². The highest BCUT2D eigenvalue weighted by Crippen LogP contribution is 2.28. The van der Waals surface area contributed by atoms with E-state index in [0.717, 1.165) is 0 Å². The van der Waals surface area contributed by atoms with Crippen molar-refractivity contribution in [1.82, 2.24) is 10.5 Å². The number of benzene rings is 1. The molecule has 0 saturated heterocycles. The molecule has 1 aromatic rings. The van der Waals surface area contributed by atoms with Crippen molar-refractivity contribution in [3.05, 3.63) is 24.3 Å². The van der Waals surface area contributed by atoms with Crippen LogP contribution in [-0.2, 0) is 0 Å². The average molecular weight is 460 g/mol. The van der Waals surface area contributed by atoms with Crippen molar-refractivity contribution >= 4 is 91.8 Å². The Bertz CT molecular complexity index is 539. The molecule has 134 valence electrons. The van der Waals surface area contributed by atoms with E-state index in [1.54, 1.807) is 0 Å². The molecule has 0 spiro atoms. The van der Waals surface area contributed by atoms with Crippen LogP contribution in [0.25, 0.3) is 0 Å². The van der Waals surface area contributed by atoms with E-state index in [9.17, 15) is 18.6 Å². The van der Waals surface area contributed by atoms with E-state index in [1.165, 1.54) is 24.3 Å². The number of thioether (sulfide) groups is 2. The van der Waals surface area contributed by atoms with Gasteiger partial charge in [0.25, 0.3) is 0 Å². The first-order chi connectivity index (χ1) is 11.2. The molecule has 2 N–H and O–H groups in total. The first-order valence-corrected chi connectivity index (χ1v) is 9.23. The fourth-order valence-electron chi connectivity index (χ4n) is 1.23. The van der Waals surface area contributed by atoms with Crippen molar-refractivity contribution in [1.29, 1.82) is 0 Å². The molecule has 0 saturated carbocycles. The van der Waals surface area contributed by atoms with Crippen LogP contribution in [-0.4, -0.2) is 29.3 Å². The molecule has 1 rings (SSSR count). The second-order valence-corrected chi connectivity index (χ2v) is 8.96. The molecule has 0 aliphatic carbocycles. The summed E-state index contributed by atoms with van der Waals surface area (Å²) in [5.74, 6) is 0. The van der Waals surface area contributed by atoms with Gasteiger partial charge >= 0.3 is 10.5 Å². The Morgan fingerprint density at radius 3 is 1.50 bits per heavy atom. The van der Waals surface area contributed by atoms with E-state index in [2.05, 4.69) is 10.9 Å². The molecule has 0 radical (unpaired) electrons. The molecular formula is C10H8Cl4F2N4O2S2. The minimum Gasteiger partial charge on any atom is -0.264 e. The van der Waals surface area contributed by atoms with Gasteiger partial charge in [0.2, 0.25) is 0 Å². The number of alkyl halides is 4. The Hall–Kier alpha value is -0.520. The van der Waals surface area contributed by atoms with Crippen LogP contribution in [0.3, 0.4) is 0 Å². The number of rotatable bonds is 6. The van der Waals surface area contributed by atoms with Gasteiger partial charge < -0.3 is 0 Å². The number of hydrazine groups is 2. The minimum atomic E-state index is -1.17. The zero-order chi connectivity index (χ0) is 18.3. The summed E-state index contributed by atoms with van der Waals surface area (Å²) in [5.41, 5.74) is 4.00. The number of hydrogen-bond donors (Lipinski definition) is 2. The maximum atomic E-state index is 13.7. The van der Waals surface area contributed by atoms with Gasteiger partial charge in [0.1, 0.15) is 0 Å². The van der Waals surface area contributed by atoms with E-state index >= 15 is 0 Å². The molecule has 0 fully saturated rings. The second-order valence-electron chi connectivity index (χ2n) is 3.62. The van der Waals surface area contributed by atoms with Crippen molar-refractivity contribution in [2.24, 2.45) is 0 Å². The topological polar surface area (TPSA) is 64.7 Å². The quantitative estimate of drug-likeness (QED) is 0.311. The number of nitrogens with one attached hydrogen (secondary N) is 2. The first-order valence-electron chi connectivity index (χ1n) is 5.72. The van der Waals surface area contributed by atoms with Crippen LogP contribution in [0.15, 0.2) is 24.3 Å². The van der Waals surface area contributed by atoms with Crippen LogP contribution in [0.4, 0.5) is 29.9 Å². The van der Waals surface area contributed by atoms with Gasteiger partial charge in [0.15, 0.2) is 8.34 Å². The van der Waals surface area contributed by atoms with Gasteiger partial charge in [0.05, 0.1) is 11.4 Å². The highest BCUT2D eigenvalue weighted by Gasteiger charge is 2.21. The third kappa shape index (κ3) is 7.58. The number of nitrogens with zero attached hydrogens (tertiary/aromatic N) is 2. The predicted octanol–water partition coefficient (Wildman–Crippen LogP) is 5.94. The van der Waals surface area contributed by atoms with Gasteiger partial charge in [-0.25, -0.2) is 0 Å². The number of carbonyl (C=O) groups excluding carboxylic acids is 2. The standard InChI is InChI=1S/C10H8Cl4F2N4O2S2/c11-7(12)23-9(21)19(15)17-5-3-1-2-4-6(5)18-20(16)10(22)24-8(13)14/h1-4,7-8,17-18H. The number of anilines is 2. The van der Waals surface area contributed by atoms with Gasteiger partial charge in [0, 0.05) is 0 Å². The van der Waals surface area contributed by atoms with Crippen LogP contribution >= 0.6 is 69.9 Å². The molecule has 0 unspecified atom stereocenters. The third-order valence-electron chi connectivity index (χ3n) is 2.06. The van der Waals surface area contributed by atoms with Crippen molar-refractivity contribution in [3.63, 3.8) is 0 Å². The van der Waals surface area contributed by atoms with Crippen LogP contribution in [0.1, 0.15) is 0 Å². The summed E-state index contributed by atoms with van der Waals surface area (Å²) in [5, 5.41) is -3.04. The fourth-order valence-corrected chi connectivity index (χ4v) is 2.72. The average Bonchev–Trinajstić information content (AvgIpc) is 2.47. The van der Waals surface area contributed by atoms with Gasteiger partial charge in [-0.1, -0.05) is 78.0 Å². The highest BCUT2D eigenvalue weighted by molar-refractivity contribution is 8.16. The number of para-hydroxylation sites is 2. The van der Waals surface area contributed by atoms with E-state index in [0.29, 0.717) is 23.5 Å². The Morgan fingerprint density at radius 2 is 1.21 bits per heavy atom. The van der Waals surface area contributed by atoms with E-state index in [-0.39, 0.29) is 11.4 Å². The number of hydrogen-bond acceptors (Lipinski definition) is 6. The molecule has 6 nitrogen and oxygen atoms in total. The number of halogens is 6. The first kappa shape index (κ1) is 21.5. The molecule has 0 aliphatic heterocycles. The maximum absolute atomic E-state index is 13.7. The molecule has 0 bridgehead atoms. The van der Waals surface area contributed by atoms with Crippen molar-refractivity contribution in [2.75, 3.05) is 10.9 Å². The lowest BCUT2D eigenvalue weighted by atomic mass is 10.3. The summed E-state index contributed by atoms with van der Waals surface area (Å²) >= 11 is 22.0. The van der Waals surface area contributed by atoms with Gasteiger partial charge in [-0.2, -0.15) is 0 Å². The molecule has 24 heavy (non-hydrogen) atoms. The van der Waals surface area contributed by atoms with Gasteiger partial charge in [-0.15, -0.1) is 0 Å². The number of carbonyl (C=O) groups is 2. The normalized spacial score (nSPS) is 10.7. The largest absolute Gasteiger partial charge is 0.331 e. The molecule has 1 aromatic carbocycles. The third-order valence-corrected chi connectivity index (χ3v) is 4.21. The zero-order valence-electron chi connectivity index (χ0n) is 11.3. The predicted molar refractivity (Wildman–Crippen MR) is 96.5 cm³/mol. The van der Waals surface area contributed by atoms with Crippen LogP contribution < -0.4 is 10.9 Å². The zero-order valence-corrected chi connectivity index (χ0v) is 15.9. The molecule has 2 amide bonds. The van der Waals surface area contributed by atoms with E-state index in [4.69, 9.17) is 46.4 Å². The molecule has 0 heterocycles. The number of amides is 2.